The molecule has 0 spiro atoms. The summed E-state index contributed by atoms with van der Waals surface area (Å²) in [6.07, 6.45) is 2.51. The van der Waals surface area contributed by atoms with Gasteiger partial charge in [0.15, 0.2) is 5.69 Å². The molecular weight excluding hydrogens is 467 g/mol. The van der Waals surface area contributed by atoms with Crippen LogP contribution in [-0.4, -0.2) is 49.6 Å². The maximum absolute atomic E-state index is 13.9. The topological polar surface area (TPSA) is 126 Å². The Balaban J connectivity index is 1.34. The van der Waals surface area contributed by atoms with Crippen LogP contribution >= 0.6 is 0 Å². The molecule has 2 aliphatic heterocycles. The van der Waals surface area contributed by atoms with Crippen LogP contribution in [-0.2, 0) is 22.6 Å². The smallest absolute Gasteiger partial charge is 0.277 e. The van der Waals surface area contributed by atoms with Gasteiger partial charge in [0.1, 0.15) is 11.9 Å². The Morgan fingerprint density at radius 3 is 2.78 bits per heavy atom. The summed E-state index contributed by atoms with van der Waals surface area (Å²) in [4.78, 5) is 51.0. The molecule has 1 aromatic heterocycles. The zero-order valence-electron chi connectivity index (χ0n) is 19.7. The van der Waals surface area contributed by atoms with Crippen LogP contribution in [0, 0.1) is 12.7 Å². The largest absolute Gasteiger partial charge is 0.322 e. The van der Waals surface area contributed by atoms with Gasteiger partial charge in [0.25, 0.3) is 11.8 Å². The van der Waals surface area contributed by atoms with Gasteiger partial charge < -0.3 is 10.2 Å². The third kappa shape index (κ3) is 4.12. The number of aromatic nitrogens is 3. The number of nitrogens with one attached hydrogen (secondary N) is 2. The van der Waals surface area contributed by atoms with Gasteiger partial charge in [-0.25, -0.2) is 9.07 Å². The summed E-state index contributed by atoms with van der Waals surface area (Å²) in [6, 6.07) is 7.13. The van der Waals surface area contributed by atoms with Crippen LogP contribution in [0.25, 0.3) is 5.69 Å². The van der Waals surface area contributed by atoms with Crippen LogP contribution in [0.3, 0.4) is 0 Å². The van der Waals surface area contributed by atoms with Crippen LogP contribution in [0.1, 0.15) is 57.3 Å². The first-order valence-electron chi connectivity index (χ1n) is 11.6. The van der Waals surface area contributed by atoms with Crippen LogP contribution in [0.2, 0.25) is 0 Å². The van der Waals surface area contributed by atoms with Gasteiger partial charge in [-0.3, -0.25) is 24.5 Å². The lowest BCUT2D eigenvalue weighted by Crippen LogP contribution is -2.52. The van der Waals surface area contributed by atoms with Crippen molar-refractivity contribution in [2.75, 3.05) is 5.32 Å². The highest BCUT2D eigenvalue weighted by Crippen LogP contribution is 2.29. The Bertz CT molecular complexity index is 1430. The number of carbonyl (C=O) groups excluding carboxylic acids is 4. The zero-order chi connectivity index (χ0) is 25.6. The van der Waals surface area contributed by atoms with Gasteiger partial charge in [-0.05, 0) is 60.7 Å². The first-order chi connectivity index (χ1) is 17.2. The first kappa shape index (κ1) is 23.3. The van der Waals surface area contributed by atoms with Gasteiger partial charge in [-0.15, -0.1) is 5.10 Å². The number of piperidine rings is 1. The number of anilines is 1. The van der Waals surface area contributed by atoms with E-state index in [1.807, 2.05) is 13.8 Å². The molecule has 5 rings (SSSR count). The molecule has 1 unspecified atom stereocenters. The van der Waals surface area contributed by atoms with Crippen molar-refractivity contribution in [3.8, 4) is 5.69 Å². The van der Waals surface area contributed by atoms with E-state index < -0.39 is 23.7 Å². The van der Waals surface area contributed by atoms with E-state index in [0.29, 0.717) is 23.4 Å². The standard InChI is InChI=1S/C25H23FN6O4/c1-3-14-8-16(26)9-19(13(14)2)27-23(34)20-12-32(30-29-20)17-5-4-15-11-31(25(36)18(15)10-17)21-6-7-22(33)28-24(21)35/h4-5,8-10,12,21H,3,6-7,11H2,1-2H3,(H,27,34)(H,28,33,35). The van der Waals surface area contributed by atoms with Crippen molar-refractivity contribution in [3.05, 3.63) is 70.3 Å². The second kappa shape index (κ2) is 8.99. The molecule has 10 nitrogen and oxygen atoms in total. The summed E-state index contributed by atoms with van der Waals surface area (Å²) < 4.78 is 15.3. The summed E-state index contributed by atoms with van der Waals surface area (Å²) in [5.41, 5.74) is 3.63. The maximum atomic E-state index is 13.9. The maximum Gasteiger partial charge on any atom is 0.277 e. The molecule has 0 radical (unpaired) electrons. The van der Waals surface area contributed by atoms with Crippen molar-refractivity contribution < 1.29 is 23.6 Å². The molecule has 1 atom stereocenters. The molecule has 11 heteroatoms. The molecule has 184 valence electrons. The zero-order valence-corrected chi connectivity index (χ0v) is 19.7. The highest BCUT2D eigenvalue weighted by molar-refractivity contribution is 6.06. The molecule has 3 aromatic rings. The number of aryl methyl sites for hydroxylation is 1. The predicted octanol–water partition coefficient (Wildman–Crippen LogP) is 2.29. The number of carbonyl (C=O) groups is 4. The summed E-state index contributed by atoms with van der Waals surface area (Å²) in [5, 5.41) is 12.9. The summed E-state index contributed by atoms with van der Waals surface area (Å²) in [5.74, 6) is -2.11. The van der Waals surface area contributed by atoms with Crippen molar-refractivity contribution in [1.82, 2.24) is 25.2 Å². The summed E-state index contributed by atoms with van der Waals surface area (Å²) >= 11 is 0. The fourth-order valence-electron chi connectivity index (χ4n) is 4.60. The van der Waals surface area contributed by atoms with Crippen LogP contribution in [0.15, 0.2) is 36.5 Å². The minimum Gasteiger partial charge on any atom is -0.322 e. The molecule has 0 aliphatic carbocycles. The van der Waals surface area contributed by atoms with Gasteiger partial charge in [0.05, 0.1) is 11.9 Å². The average molecular weight is 490 g/mol. The first-order valence-corrected chi connectivity index (χ1v) is 11.6. The summed E-state index contributed by atoms with van der Waals surface area (Å²) in [7, 11) is 0. The molecule has 2 N–H and O–H groups in total. The van der Waals surface area contributed by atoms with Crippen molar-refractivity contribution in [2.45, 2.75) is 45.7 Å². The fourth-order valence-corrected chi connectivity index (χ4v) is 4.60. The lowest BCUT2D eigenvalue weighted by atomic mass is 10.0. The molecule has 0 saturated carbocycles. The van der Waals surface area contributed by atoms with E-state index in [1.54, 1.807) is 18.2 Å². The minimum atomic E-state index is -0.702. The van der Waals surface area contributed by atoms with Gasteiger partial charge in [0.2, 0.25) is 11.8 Å². The van der Waals surface area contributed by atoms with Crippen molar-refractivity contribution in [3.63, 3.8) is 0 Å². The summed E-state index contributed by atoms with van der Waals surface area (Å²) in [6.45, 7) is 3.98. The number of halogens is 1. The number of hydrogen-bond acceptors (Lipinski definition) is 6. The number of hydrogen-bond donors (Lipinski definition) is 2. The molecule has 3 heterocycles. The van der Waals surface area contributed by atoms with Gasteiger partial charge in [0, 0.05) is 24.2 Å². The monoisotopic (exact) mass is 490 g/mol. The quantitative estimate of drug-likeness (QED) is 0.529. The third-order valence-electron chi connectivity index (χ3n) is 6.61. The van der Waals surface area contributed by atoms with E-state index >= 15 is 0 Å². The Hall–Kier alpha value is -4.41. The van der Waals surface area contributed by atoms with Crippen LogP contribution < -0.4 is 10.6 Å². The van der Waals surface area contributed by atoms with Crippen LogP contribution in [0.4, 0.5) is 10.1 Å². The highest BCUT2D eigenvalue weighted by Gasteiger charge is 2.39. The third-order valence-corrected chi connectivity index (χ3v) is 6.61. The lowest BCUT2D eigenvalue weighted by Gasteiger charge is -2.29. The Morgan fingerprint density at radius 2 is 2.03 bits per heavy atom. The molecule has 1 fully saturated rings. The number of imide groups is 1. The Kier molecular flexibility index (Phi) is 5.83. The van der Waals surface area contributed by atoms with Gasteiger partial charge >= 0.3 is 0 Å². The molecule has 1 saturated heterocycles. The van der Waals surface area contributed by atoms with Crippen molar-refractivity contribution >= 4 is 29.3 Å². The number of amides is 4. The fraction of sp³-hybridized carbons (Fsp3) is 0.280. The van der Waals surface area contributed by atoms with Gasteiger partial charge in [-0.1, -0.05) is 18.2 Å². The number of nitrogens with zero attached hydrogens (tertiary/aromatic N) is 4. The highest BCUT2D eigenvalue weighted by atomic mass is 19.1. The molecule has 2 aliphatic rings. The lowest BCUT2D eigenvalue weighted by molar-refractivity contribution is -0.136. The molecule has 4 amide bonds. The second-order valence-corrected chi connectivity index (χ2v) is 8.83. The Labute approximate surface area is 205 Å². The van der Waals surface area contributed by atoms with E-state index in [0.717, 1.165) is 16.7 Å². The van der Waals surface area contributed by atoms with Crippen molar-refractivity contribution in [1.29, 1.82) is 0 Å². The van der Waals surface area contributed by atoms with Crippen LogP contribution in [0.5, 0.6) is 0 Å². The predicted molar refractivity (Wildman–Crippen MR) is 126 cm³/mol. The second-order valence-electron chi connectivity index (χ2n) is 8.83. The molecule has 36 heavy (non-hydrogen) atoms. The number of benzene rings is 2. The number of rotatable bonds is 5. The minimum absolute atomic E-state index is 0.0219. The normalized spacial score (nSPS) is 17.2. The van der Waals surface area contributed by atoms with Gasteiger partial charge in [-0.2, -0.15) is 0 Å². The SMILES string of the molecule is CCc1cc(F)cc(NC(=O)c2cn(-c3ccc4c(c3)C(=O)N(C3CCC(=O)NC3=O)C4)nn2)c1C. The van der Waals surface area contributed by atoms with Crippen molar-refractivity contribution in [2.24, 2.45) is 0 Å². The van der Waals surface area contributed by atoms with E-state index in [9.17, 15) is 23.6 Å². The van der Waals surface area contributed by atoms with E-state index in [2.05, 4.69) is 20.9 Å². The van der Waals surface area contributed by atoms with E-state index in [4.69, 9.17) is 0 Å². The van der Waals surface area contributed by atoms with E-state index in [1.165, 1.54) is 27.9 Å². The average Bonchev–Trinajstić information content (AvgIpc) is 3.46. The molecule has 2 aromatic carbocycles. The Morgan fingerprint density at radius 1 is 1.22 bits per heavy atom. The number of fused-ring (bicyclic) bond motifs is 1. The van der Waals surface area contributed by atoms with E-state index in [-0.39, 0.29) is 36.9 Å². The molecular formula is C25H23FN6O4. The molecule has 0 bridgehead atoms.